The predicted octanol–water partition coefficient (Wildman–Crippen LogP) is 5.27. The summed E-state index contributed by atoms with van der Waals surface area (Å²) in [5.41, 5.74) is 5.59. The van der Waals surface area contributed by atoms with Gasteiger partial charge in [-0.2, -0.15) is 5.26 Å². The number of Topliss-reactive ketones (excluding diaryl/α,β-unsaturated/α-hetero) is 1. The SMILES string of the molecule is CCOC(=O)C1=C(C)NC2=C(C(=O)c3ccccc32)[C@H]1c1ccccc1OCc1ccccc1C#N. The van der Waals surface area contributed by atoms with E-state index in [0.29, 0.717) is 45.0 Å². The van der Waals surface area contributed by atoms with Crippen LogP contribution in [0.4, 0.5) is 0 Å². The molecule has 0 saturated heterocycles. The number of para-hydroxylation sites is 1. The van der Waals surface area contributed by atoms with Crippen molar-refractivity contribution in [2.24, 2.45) is 0 Å². The van der Waals surface area contributed by atoms with Gasteiger partial charge in [-0.25, -0.2) is 4.79 Å². The number of rotatable bonds is 6. The molecule has 0 spiro atoms. The zero-order valence-electron chi connectivity index (χ0n) is 20.0. The highest BCUT2D eigenvalue weighted by Gasteiger charge is 2.43. The Morgan fingerprint density at radius 2 is 1.69 bits per heavy atom. The second kappa shape index (κ2) is 9.55. The first kappa shape index (κ1) is 23.1. The highest BCUT2D eigenvalue weighted by molar-refractivity contribution is 6.23. The van der Waals surface area contributed by atoms with Crippen LogP contribution in [-0.2, 0) is 16.1 Å². The first-order valence-corrected chi connectivity index (χ1v) is 11.8. The molecule has 1 N–H and O–H groups in total. The maximum Gasteiger partial charge on any atom is 0.336 e. The molecule has 6 heteroatoms. The lowest BCUT2D eigenvalue weighted by atomic mass is 9.79. The number of nitrogens with one attached hydrogen (secondary N) is 1. The number of hydrogen-bond donors (Lipinski definition) is 1. The van der Waals surface area contributed by atoms with Crippen molar-refractivity contribution in [3.8, 4) is 11.8 Å². The topological polar surface area (TPSA) is 88.4 Å². The molecule has 6 nitrogen and oxygen atoms in total. The number of carbonyl (C=O) groups excluding carboxylic acids is 2. The molecule has 36 heavy (non-hydrogen) atoms. The van der Waals surface area contributed by atoms with E-state index in [0.717, 1.165) is 11.1 Å². The van der Waals surface area contributed by atoms with Crippen LogP contribution >= 0.6 is 0 Å². The highest BCUT2D eigenvalue weighted by Crippen LogP contribution is 2.48. The predicted molar refractivity (Wildman–Crippen MR) is 135 cm³/mol. The van der Waals surface area contributed by atoms with E-state index < -0.39 is 11.9 Å². The van der Waals surface area contributed by atoms with Gasteiger partial charge in [0.2, 0.25) is 0 Å². The van der Waals surface area contributed by atoms with Crippen molar-refractivity contribution in [1.82, 2.24) is 5.32 Å². The van der Waals surface area contributed by atoms with Crippen LogP contribution in [0.2, 0.25) is 0 Å². The number of esters is 1. The lowest BCUT2D eigenvalue weighted by Crippen LogP contribution is -2.29. The Balaban J connectivity index is 1.63. The van der Waals surface area contributed by atoms with Crippen molar-refractivity contribution in [2.75, 3.05) is 6.61 Å². The fourth-order valence-corrected chi connectivity index (χ4v) is 4.88. The zero-order valence-corrected chi connectivity index (χ0v) is 20.0. The molecule has 3 aromatic carbocycles. The summed E-state index contributed by atoms with van der Waals surface area (Å²) in [5, 5.41) is 12.8. The molecule has 0 aromatic heterocycles. The van der Waals surface area contributed by atoms with E-state index in [1.54, 1.807) is 19.1 Å². The molecule has 178 valence electrons. The normalized spacial score (nSPS) is 16.1. The van der Waals surface area contributed by atoms with Gasteiger partial charge in [0.15, 0.2) is 5.78 Å². The number of fused-ring (bicyclic) bond motifs is 2. The maximum absolute atomic E-state index is 13.7. The van der Waals surface area contributed by atoms with E-state index in [2.05, 4.69) is 11.4 Å². The quantitative estimate of drug-likeness (QED) is 0.488. The average molecular weight is 477 g/mol. The molecule has 1 atom stereocenters. The monoisotopic (exact) mass is 476 g/mol. The fourth-order valence-electron chi connectivity index (χ4n) is 4.88. The average Bonchev–Trinajstić information content (AvgIpc) is 3.18. The number of ether oxygens (including phenoxy) is 2. The molecule has 0 bridgehead atoms. The summed E-state index contributed by atoms with van der Waals surface area (Å²) in [5.74, 6) is -0.755. The van der Waals surface area contributed by atoms with Crippen LogP contribution in [0.25, 0.3) is 5.70 Å². The Morgan fingerprint density at radius 1 is 1.00 bits per heavy atom. The van der Waals surface area contributed by atoms with Crippen LogP contribution in [0.15, 0.2) is 89.6 Å². The minimum Gasteiger partial charge on any atom is -0.489 e. The number of allylic oxidation sites excluding steroid dienone is 2. The number of carbonyl (C=O) groups is 2. The molecular weight excluding hydrogens is 452 g/mol. The van der Waals surface area contributed by atoms with Crippen LogP contribution in [0.1, 0.15) is 52.4 Å². The van der Waals surface area contributed by atoms with Crippen molar-refractivity contribution in [3.63, 3.8) is 0 Å². The van der Waals surface area contributed by atoms with Gasteiger partial charge in [0.05, 0.1) is 35.4 Å². The number of dihydropyridines is 1. The molecule has 0 amide bonds. The smallest absolute Gasteiger partial charge is 0.336 e. The van der Waals surface area contributed by atoms with E-state index in [1.165, 1.54) is 0 Å². The molecule has 1 aliphatic carbocycles. The molecule has 0 saturated carbocycles. The molecular formula is C30H24N2O4. The zero-order chi connectivity index (χ0) is 25.2. The molecule has 0 fully saturated rings. The van der Waals surface area contributed by atoms with Crippen LogP contribution in [0.5, 0.6) is 5.75 Å². The van der Waals surface area contributed by atoms with E-state index in [4.69, 9.17) is 9.47 Å². The van der Waals surface area contributed by atoms with Gasteiger partial charge >= 0.3 is 5.97 Å². The molecule has 3 aromatic rings. The number of hydrogen-bond acceptors (Lipinski definition) is 6. The van der Waals surface area contributed by atoms with E-state index in [-0.39, 0.29) is 19.0 Å². The van der Waals surface area contributed by atoms with Crippen molar-refractivity contribution in [1.29, 1.82) is 5.26 Å². The summed E-state index contributed by atoms with van der Waals surface area (Å²) >= 11 is 0. The minimum absolute atomic E-state index is 0.128. The van der Waals surface area contributed by atoms with Crippen LogP contribution in [0, 0.1) is 11.3 Å². The van der Waals surface area contributed by atoms with E-state index >= 15 is 0 Å². The summed E-state index contributed by atoms with van der Waals surface area (Å²) in [4.78, 5) is 26.9. The van der Waals surface area contributed by atoms with Gasteiger partial charge in [-0.3, -0.25) is 4.79 Å². The standard InChI is InChI=1S/C30H24N2O4/c1-3-35-30(34)25-18(2)32-28-21-12-6-7-13-22(21)29(33)27(28)26(25)23-14-8-9-15-24(23)36-17-20-11-5-4-10-19(20)16-31/h4-15,26,32H,3,17H2,1-2H3/t26-/m0/s1. The van der Waals surface area contributed by atoms with Crippen LogP contribution in [0.3, 0.4) is 0 Å². The Labute approximate surface area is 209 Å². The van der Waals surface area contributed by atoms with Gasteiger partial charge in [0.1, 0.15) is 12.4 Å². The molecule has 5 rings (SSSR count). The highest BCUT2D eigenvalue weighted by atomic mass is 16.5. The third kappa shape index (κ3) is 3.85. The van der Waals surface area contributed by atoms with E-state index in [1.807, 2.05) is 67.6 Å². The van der Waals surface area contributed by atoms with Crippen LogP contribution < -0.4 is 10.1 Å². The fraction of sp³-hybridized carbons (Fsp3) is 0.167. The third-order valence-corrected chi connectivity index (χ3v) is 6.50. The molecule has 0 unspecified atom stereocenters. The lowest BCUT2D eigenvalue weighted by molar-refractivity contribution is -0.138. The second-order valence-corrected chi connectivity index (χ2v) is 8.58. The van der Waals surface area contributed by atoms with Gasteiger partial charge in [-0.05, 0) is 26.0 Å². The Morgan fingerprint density at radius 3 is 2.47 bits per heavy atom. The van der Waals surface area contributed by atoms with Gasteiger partial charge in [0.25, 0.3) is 0 Å². The van der Waals surface area contributed by atoms with Crippen LogP contribution in [-0.4, -0.2) is 18.4 Å². The Hall–Kier alpha value is -4.63. The summed E-state index contributed by atoms with van der Waals surface area (Å²) in [6.45, 7) is 3.96. The lowest BCUT2D eigenvalue weighted by Gasteiger charge is -2.30. The van der Waals surface area contributed by atoms with Gasteiger partial charge in [-0.1, -0.05) is 60.7 Å². The Bertz CT molecular complexity index is 1490. The first-order valence-electron chi connectivity index (χ1n) is 11.8. The van der Waals surface area contributed by atoms with Gasteiger partial charge in [-0.15, -0.1) is 0 Å². The summed E-state index contributed by atoms with van der Waals surface area (Å²) in [6.07, 6.45) is 0. The summed E-state index contributed by atoms with van der Waals surface area (Å²) in [7, 11) is 0. The first-order chi connectivity index (χ1) is 17.5. The minimum atomic E-state index is -0.678. The second-order valence-electron chi connectivity index (χ2n) is 8.58. The van der Waals surface area contributed by atoms with Crippen molar-refractivity contribution in [2.45, 2.75) is 26.4 Å². The van der Waals surface area contributed by atoms with Gasteiger partial charge < -0.3 is 14.8 Å². The summed E-state index contributed by atoms with van der Waals surface area (Å²) < 4.78 is 11.6. The van der Waals surface area contributed by atoms with Crippen molar-refractivity contribution >= 4 is 17.4 Å². The molecule has 0 radical (unpaired) electrons. The number of benzene rings is 3. The number of ketones is 1. The van der Waals surface area contributed by atoms with Crippen molar-refractivity contribution in [3.05, 3.63) is 117 Å². The maximum atomic E-state index is 13.7. The summed E-state index contributed by atoms with van der Waals surface area (Å²) in [6, 6.07) is 24.3. The Kier molecular flexibility index (Phi) is 6.14. The van der Waals surface area contributed by atoms with E-state index in [9.17, 15) is 14.9 Å². The molecule has 1 heterocycles. The number of nitriles is 1. The largest absolute Gasteiger partial charge is 0.489 e. The number of nitrogens with zero attached hydrogens (tertiary/aromatic N) is 1. The van der Waals surface area contributed by atoms with Gasteiger partial charge in [0, 0.05) is 33.5 Å². The molecule has 2 aliphatic rings. The van der Waals surface area contributed by atoms with Crippen molar-refractivity contribution < 1.29 is 19.1 Å². The third-order valence-electron chi connectivity index (χ3n) is 6.50. The molecule has 1 aliphatic heterocycles.